The SMILES string of the molecule is COc1ccc2nc(/C=C\c3cccnc3)nc([C@@H]3CCCC[C@@H]3N(N)C(=N)N)c2c1.Cl.Cl.Cl. The lowest BCUT2D eigenvalue weighted by atomic mass is 9.80. The highest BCUT2D eigenvalue weighted by Gasteiger charge is 2.33. The molecule has 11 heteroatoms. The number of benzene rings is 1. The number of ether oxygens (including phenoxy) is 1. The van der Waals surface area contributed by atoms with Crippen LogP contribution >= 0.6 is 37.2 Å². The molecule has 0 saturated heterocycles. The second-order valence-electron chi connectivity index (χ2n) is 7.72. The van der Waals surface area contributed by atoms with Gasteiger partial charge in [-0.25, -0.2) is 15.8 Å². The Morgan fingerprint density at radius 2 is 1.88 bits per heavy atom. The molecule has 8 nitrogen and oxygen atoms in total. The molecule has 1 aliphatic carbocycles. The van der Waals surface area contributed by atoms with Crippen molar-refractivity contribution in [3.8, 4) is 5.75 Å². The summed E-state index contributed by atoms with van der Waals surface area (Å²) < 4.78 is 5.45. The number of hydrazine groups is 1. The third kappa shape index (κ3) is 6.48. The minimum atomic E-state index is -0.135. The highest BCUT2D eigenvalue weighted by atomic mass is 35.5. The van der Waals surface area contributed by atoms with Crippen molar-refractivity contribution in [3.63, 3.8) is 0 Å². The van der Waals surface area contributed by atoms with Gasteiger partial charge in [0, 0.05) is 23.7 Å². The fraction of sp³-hybridized carbons (Fsp3) is 0.304. The van der Waals surface area contributed by atoms with Gasteiger partial charge in [-0.05, 0) is 54.8 Å². The molecule has 1 aromatic carbocycles. The van der Waals surface area contributed by atoms with Crippen molar-refractivity contribution in [1.82, 2.24) is 20.0 Å². The first kappa shape index (κ1) is 29.4. The minimum absolute atomic E-state index is 0. The summed E-state index contributed by atoms with van der Waals surface area (Å²) in [6.45, 7) is 0. The zero-order valence-electron chi connectivity index (χ0n) is 18.8. The summed E-state index contributed by atoms with van der Waals surface area (Å²) in [5.74, 6) is 7.45. The number of aromatic nitrogens is 3. The number of hydrogen-bond acceptors (Lipinski definition) is 6. The van der Waals surface area contributed by atoms with E-state index in [4.69, 9.17) is 31.7 Å². The van der Waals surface area contributed by atoms with Crippen LogP contribution in [-0.2, 0) is 0 Å². The van der Waals surface area contributed by atoms with Crippen LogP contribution in [0.5, 0.6) is 5.75 Å². The number of methoxy groups -OCH3 is 1. The summed E-state index contributed by atoms with van der Waals surface area (Å²) in [6, 6.07) is 9.60. The van der Waals surface area contributed by atoms with Gasteiger partial charge in [0.05, 0.1) is 24.4 Å². The summed E-state index contributed by atoms with van der Waals surface area (Å²) >= 11 is 0. The first-order valence-electron chi connectivity index (χ1n) is 10.4. The topological polar surface area (TPSA) is 127 Å². The molecular weight excluding hydrogens is 497 g/mol. The van der Waals surface area contributed by atoms with E-state index in [2.05, 4.69) is 4.98 Å². The van der Waals surface area contributed by atoms with Crippen molar-refractivity contribution in [2.24, 2.45) is 11.6 Å². The van der Waals surface area contributed by atoms with E-state index >= 15 is 0 Å². The summed E-state index contributed by atoms with van der Waals surface area (Å²) in [4.78, 5) is 13.8. The summed E-state index contributed by atoms with van der Waals surface area (Å²) in [7, 11) is 1.65. The Bertz CT molecular complexity index is 1110. The van der Waals surface area contributed by atoms with Gasteiger partial charge in [0.1, 0.15) is 5.75 Å². The molecule has 0 bridgehead atoms. The number of pyridine rings is 1. The van der Waals surface area contributed by atoms with Gasteiger partial charge in [0.25, 0.3) is 0 Å². The quantitative estimate of drug-likeness (QED) is 0.192. The molecule has 2 heterocycles. The van der Waals surface area contributed by atoms with Crippen molar-refractivity contribution in [3.05, 3.63) is 59.8 Å². The predicted molar refractivity (Wildman–Crippen MR) is 144 cm³/mol. The van der Waals surface area contributed by atoms with E-state index in [1.807, 2.05) is 42.5 Å². The Morgan fingerprint density at radius 1 is 1.12 bits per heavy atom. The van der Waals surface area contributed by atoms with Crippen LogP contribution in [0.1, 0.15) is 48.7 Å². The molecule has 0 aliphatic heterocycles. The first-order valence-corrected chi connectivity index (χ1v) is 10.4. The number of halogens is 3. The van der Waals surface area contributed by atoms with E-state index in [1.165, 1.54) is 5.01 Å². The van der Waals surface area contributed by atoms with Crippen molar-refractivity contribution < 1.29 is 4.74 Å². The highest BCUT2D eigenvalue weighted by Crippen LogP contribution is 2.38. The van der Waals surface area contributed by atoms with Gasteiger partial charge >= 0.3 is 0 Å². The second-order valence-corrected chi connectivity index (χ2v) is 7.72. The van der Waals surface area contributed by atoms with Crippen LogP contribution in [0, 0.1) is 5.41 Å². The highest BCUT2D eigenvalue weighted by molar-refractivity contribution is 5.86. The number of guanidine groups is 1. The van der Waals surface area contributed by atoms with Crippen molar-refractivity contribution in [2.45, 2.75) is 37.6 Å². The average molecular weight is 527 g/mol. The Morgan fingerprint density at radius 3 is 2.56 bits per heavy atom. The van der Waals surface area contributed by atoms with Crippen LogP contribution < -0.4 is 16.3 Å². The van der Waals surface area contributed by atoms with Crippen LogP contribution in [0.2, 0.25) is 0 Å². The number of nitrogens with two attached hydrogens (primary N) is 2. The second kappa shape index (κ2) is 13.3. The standard InChI is InChI=1S/C23H27N7O.3ClH/c1-31-16-9-10-19-18(13-16)22(17-6-2-3-7-20(17)30(26)23(24)25)29-21(28-19)11-8-15-5-4-12-27-14-15;;;/h4-5,8-14,17,20H,2-3,6-7,26H2,1H3,(H3,24,25);3*1H/b11-8-;;;/t17-,20+;;;/m1.../s1. The number of fused-ring (bicyclic) bond motifs is 1. The first-order chi connectivity index (χ1) is 15.1. The Balaban J connectivity index is 0.00000193. The summed E-state index contributed by atoms with van der Waals surface area (Å²) in [6.07, 6.45) is 11.3. The minimum Gasteiger partial charge on any atom is -0.497 e. The Hall–Kier alpha value is -2.65. The zero-order valence-corrected chi connectivity index (χ0v) is 21.2. The van der Waals surface area contributed by atoms with Crippen molar-refractivity contribution in [1.29, 1.82) is 5.41 Å². The molecule has 2 aromatic heterocycles. The lowest BCUT2D eigenvalue weighted by Gasteiger charge is -2.37. The van der Waals surface area contributed by atoms with Crippen LogP contribution in [0.15, 0.2) is 42.7 Å². The Labute approximate surface area is 217 Å². The van der Waals surface area contributed by atoms with E-state index in [-0.39, 0.29) is 55.1 Å². The molecule has 0 unspecified atom stereocenters. The third-order valence-corrected chi connectivity index (χ3v) is 5.78. The van der Waals surface area contributed by atoms with Crippen molar-refractivity contribution >= 4 is 66.2 Å². The molecule has 3 aromatic rings. The van der Waals surface area contributed by atoms with Gasteiger partial charge in [-0.2, -0.15) is 0 Å². The largest absolute Gasteiger partial charge is 0.497 e. The van der Waals surface area contributed by atoms with Gasteiger partial charge in [0.2, 0.25) is 5.96 Å². The zero-order chi connectivity index (χ0) is 21.8. The molecule has 4 rings (SSSR count). The van der Waals surface area contributed by atoms with Crippen LogP contribution in [-0.4, -0.2) is 39.1 Å². The normalized spacial score (nSPS) is 17.2. The third-order valence-electron chi connectivity index (χ3n) is 5.78. The van der Waals surface area contributed by atoms with Crippen molar-refractivity contribution in [2.75, 3.05) is 7.11 Å². The lowest BCUT2D eigenvalue weighted by Crippen LogP contribution is -2.52. The molecule has 1 saturated carbocycles. The van der Waals surface area contributed by atoms with Crippen LogP contribution in [0.4, 0.5) is 0 Å². The molecule has 0 radical (unpaired) electrons. The van der Waals surface area contributed by atoms with Gasteiger partial charge in [-0.3, -0.25) is 15.4 Å². The van der Waals surface area contributed by atoms with Gasteiger partial charge in [-0.15, -0.1) is 37.2 Å². The van der Waals surface area contributed by atoms with Gasteiger partial charge in [0.15, 0.2) is 5.82 Å². The smallest absolute Gasteiger partial charge is 0.203 e. The molecule has 34 heavy (non-hydrogen) atoms. The van der Waals surface area contributed by atoms with E-state index in [0.717, 1.165) is 53.6 Å². The Kier molecular flexibility index (Phi) is 11.5. The monoisotopic (exact) mass is 525 g/mol. The van der Waals surface area contributed by atoms with Gasteiger partial charge in [-0.1, -0.05) is 18.9 Å². The molecule has 2 atom stereocenters. The number of hydrogen-bond donors (Lipinski definition) is 3. The lowest BCUT2D eigenvalue weighted by molar-refractivity contribution is 0.212. The van der Waals surface area contributed by atoms with E-state index < -0.39 is 0 Å². The van der Waals surface area contributed by atoms with E-state index in [1.54, 1.807) is 19.5 Å². The molecule has 1 fully saturated rings. The van der Waals surface area contributed by atoms with E-state index in [9.17, 15) is 0 Å². The number of nitrogens with zero attached hydrogens (tertiary/aromatic N) is 4. The van der Waals surface area contributed by atoms with Crippen LogP contribution in [0.25, 0.3) is 23.1 Å². The van der Waals surface area contributed by atoms with E-state index in [0.29, 0.717) is 5.82 Å². The maximum Gasteiger partial charge on any atom is 0.203 e. The maximum absolute atomic E-state index is 7.83. The molecule has 5 N–H and O–H groups in total. The summed E-state index contributed by atoms with van der Waals surface area (Å²) in [5, 5.41) is 10.1. The van der Waals surface area contributed by atoms with Gasteiger partial charge < -0.3 is 10.5 Å². The average Bonchev–Trinajstić information content (AvgIpc) is 2.82. The fourth-order valence-electron chi connectivity index (χ4n) is 4.22. The molecular formula is C23H30Cl3N7O. The maximum atomic E-state index is 7.83. The molecule has 184 valence electrons. The summed E-state index contributed by atoms with van der Waals surface area (Å²) in [5.41, 5.74) is 8.45. The number of nitrogens with one attached hydrogen (secondary N) is 1. The predicted octanol–water partition coefficient (Wildman–Crippen LogP) is 4.56. The fourth-order valence-corrected chi connectivity index (χ4v) is 4.22. The number of rotatable bonds is 5. The molecule has 1 aliphatic rings. The molecule has 0 spiro atoms. The van der Waals surface area contributed by atoms with Crippen LogP contribution in [0.3, 0.4) is 0 Å². The molecule has 0 amide bonds.